The van der Waals surface area contributed by atoms with Gasteiger partial charge in [-0.15, -0.1) is 0 Å². The van der Waals surface area contributed by atoms with Gasteiger partial charge in [0, 0.05) is 20.5 Å². The first-order chi connectivity index (χ1) is 8.74. The number of hydrogen-bond acceptors (Lipinski definition) is 1. The van der Waals surface area contributed by atoms with Crippen molar-refractivity contribution in [3.63, 3.8) is 0 Å². The van der Waals surface area contributed by atoms with Crippen LogP contribution in [0.15, 0.2) is 51.5 Å². The molecule has 0 radical (unpaired) electrons. The zero-order valence-corrected chi connectivity index (χ0v) is 12.3. The second-order valence-corrected chi connectivity index (χ2v) is 5.98. The highest BCUT2D eigenvalue weighted by atomic mass is 79.9. The van der Waals surface area contributed by atoms with Crippen molar-refractivity contribution in [1.82, 2.24) is 4.57 Å². The summed E-state index contributed by atoms with van der Waals surface area (Å²) in [5.41, 5.74) is 2.17. The number of hydrogen-bond donors (Lipinski definition) is 0. The number of nitrogens with zero attached hydrogens (tertiary/aromatic N) is 1. The maximum Gasteiger partial charge on any atom is 0.152 e. The lowest BCUT2D eigenvalue weighted by atomic mass is 10.2. The number of aromatic nitrogens is 1. The van der Waals surface area contributed by atoms with E-state index in [1.807, 2.05) is 24.3 Å². The number of halogens is 2. The van der Waals surface area contributed by atoms with Crippen molar-refractivity contribution < 1.29 is 4.74 Å². The van der Waals surface area contributed by atoms with E-state index in [0.717, 1.165) is 37.0 Å². The minimum Gasteiger partial charge on any atom is -0.453 e. The largest absolute Gasteiger partial charge is 0.453 e. The molecule has 4 rings (SSSR count). The number of rotatable bonds is 0. The molecule has 0 spiro atoms. The molecule has 0 saturated carbocycles. The van der Waals surface area contributed by atoms with E-state index in [1.54, 1.807) is 0 Å². The third kappa shape index (κ3) is 1.33. The van der Waals surface area contributed by atoms with Gasteiger partial charge in [-0.25, -0.2) is 0 Å². The summed E-state index contributed by atoms with van der Waals surface area (Å²) in [6.07, 6.45) is 2.08. The molecule has 2 nitrogen and oxygen atoms in total. The van der Waals surface area contributed by atoms with E-state index in [9.17, 15) is 0 Å². The molecule has 0 aliphatic carbocycles. The molecule has 0 saturated heterocycles. The molecule has 0 N–H and O–H groups in total. The molecule has 1 aromatic heterocycles. The average molecular weight is 365 g/mol. The van der Waals surface area contributed by atoms with Crippen LogP contribution in [0.25, 0.3) is 16.6 Å². The third-order valence-corrected chi connectivity index (χ3v) is 4.34. The number of fused-ring (bicyclic) bond motifs is 2. The average Bonchev–Trinajstić information content (AvgIpc) is 2.81. The standard InChI is InChI=1S/C14H7Br2NO/c15-8-1-3-12-11(7-8)17-6-5-9-10(16)2-4-13(18-12)14(9)17/h1-7H. The molecule has 0 bridgehead atoms. The summed E-state index contributed by atoms with van der Waals surface area (Å²) in [6.45, 7) is 0. The zero-order valence-electron chi connectivity index (χ0n) is 9.15. The summed E-state index contributed by atoms with van der Waals surface area (Å²) in [7, 11) is 0. The van der Waals surface area contributed by atoms with Gasteiger partial charge < -0.3 is 9.30 Å². The molecule has 3 aromatic rings. The van der Waals surface area contributed by atoms with Crippen LogP contribution < -0.4 is 4.74 Å². The Morgan fingerprint density at radius 1 is 0.944 bits per heavy atom. The first-order valence-corrected chi connectivity index (χ1v) is 7.10. The lowest BCUT2D eigenvalue weighted by molar-refractivity contribution is 0.475. The smallest absolute Gasteiger partial charge is 0.152 e. The van der Waals surface area contributed by atoms with Gasteiger partial charge in [0.2, 0.25) is 0 Å². The molecule has 2 heterocycles. The van der Waals surface area contributed by atoms with Gasteiger partial charge in [-0.1, -0.05) is 31.9 Å². The molecule has 1 aliphatic rings. The third-order valence-electron chi connectivity index (χ3n) is 3.16. The van der Waals surface area contributed by atoms with E-state index < -0.39 is 0 Å². The summed E-state index contributed by atoms with van der Waals surface area (Å²) in [4.78, 5) is 0. The van der Waals surface area contributed by atoms with Crippen LogP contribution in [0, 0.1) is 0 Å². The van der Waals surface area contributed by atoms with E-state index in [0.29, 0.717) is 0 Å². The van der Waals surface area contributed by atoms with Gasteiger partial charge in [-0.05, 0) is 36.4 Å². The molecule has 18 heavy (non-hydrogen) atoms. The Kier molecular flexibility index (Phi) is 2.14. The molecular formula is C14H7Br2NO. The zero-order chi connectivity index (χ0) is 12.3. The van der Waals surface area contributed by atoms with Crippen LogP contribution in [0.2, 0.25) is 0 Å². The van der Waals surface area contributed by atoms with Gasteiger partial charge in [0.1, 0.15) is 0 Å². The highest BCUT2D eigenvalue weighted by Crippen LogP contribution is 2.43. The minimum atomic E-state index is 0.880. The molecule has 0 amide bonds. The van der Waals surface area contributed by atoms with E-state index in [4.69, 9.17) is 4.74 Å². The maximum absolute atomic E-state index is 5.96. The fourth-order valence-corrected chi connectivity index (χ4v) is 3.16. The molecule has 0 fully saturated rings. The van der Waals surface area contributed by atoms with E-state index in [-0.39, 0.29) is 0 Å². The van der Waals surface area contributed by atoms with Crippen molar-refractivity contribution in [3.05, 3.63) is 51.5 Å². The van der Waals surface area contributed by atoms with E-state index in [2.05, 4.69) is 54.8 Å². The summed E-state index contributed by atoms with van der Waals surface area (Å²) < 4.78 is 10.3. The van der Waals surface area contributed by atoms with Crippen molar-refractivity contribution in [2.45, 2.75) is 0 Å². The Morgan fingerprint density at radius 3 is 2.67 bits per heavy atom. The maximum atomic E-state index is 5.96. The molecular weight excluding hydrogens is 358 g/mol. The van der Waals surface area contributed by atoms with Crippen molar-refractivity contribution >= 4 is 42.8 Å². The summed E-state index contributed by atoms with van der Waals surface area (Å²) in [6, 6.07) is 12.2. The Hall–Kier alpha value is -1.26. The highest BCUT2D eigenvalue weighted by molar-refractivity contribution is 9.11. The van der Waals surface area contributed by atoms with Crippen LogP contribution >= 0.6 is 31.9 Å². The van der Waals surface area contributed by atoms with Crippen LogP contribution in [-0.4, -0.2) is 4.57 Å². The Bertz CT molecular complexity index is 792. The van der Waals surface area contributed by atoms with Gasteiger partial charge in [-0.3, -0.25) is 0 Å². The predicted molar refractivity (Wildman–Crippen MR) is 78.7 cm³/mol. The predicted octanol–water partition coefficient (Wildman–Crippen LogP) is 5.26. The fraction of sp³-hybridized carbons (Fsp3) is 0. The second kappa shape index (κ2) is 3.62. The van der Waals surface area contributed by atoms with Crippen LogP contribution in [0.1, 0.15) is 0 Å². The number of benzene rings is 2. The van der Waals surface area contributed by atoms with Crippen LogP contribution in [-0.2, 0) is 0 Å². The summed E-state index contributed by atoms with van der Waals surface area (Å²) in [5, 5.41) is 1.16. The van der Waals surface area contributed by atoms with Crippen LogP contribution in [0.4, 0.5) is 0 Å². The van der Waals surface area contributed by atoms with Gasteiger partial charge in [-0.2, -0.15) is 0 Å². The molecule has 1 aliphatic heterocycles. The van der Waals surface area contributed by atoms with E-state index in [1.165, 1.54) is 0 Å². The summed E-state index contributed by atoms with van der Waals surface area (Å²) in [5.74, 6) is 1.78. The van der Waals surface area contributed by atoms with Crippen LogP contribution in [0.5, 0.6) is 11.5 Å². The Morgan fingerprint density at radius 2 is 1.78 bits per heavy atom. The van der Waals surface area contributed by atoms with Crippen molar-refractivity contribution in [2.75, 3.05) is 0 Å². The molecule has 88 valence electrons. The Labute approximate surface area is 120 Å². The van der Waals surface area contributed by atoms with Gasteiger partial charge >= 0.3 is 0 Å². The molecule has 4 heteroatoms. The lowest BCUT2D eigenvalue weighted by Crippen LogP contribution is -2.03. The van der Waals surface area contributed by atoms with E-state index >= 15 is 0 Å². The van der Waals surface area contributed by atoms with Gasteiger partial charge in [0.15, 0.2) is 11.5 Å². The monoisotopic (exact) mass is 363 g/mol. The normalized spacial score (nSPS) is 12.3. The second-order valence-electron chi connectivity index (χ2n) is 4.21. The highest BCUT2D eigenvalue weighted by Gasteiger charge is 2.20. The van der Waals surface area contributed by atoms with Gasteiger partial charge in [0.05, 0.1) is 11.2 Å². The fourth-order valence-electron chi connectivity index (χ4n) is 2.36. The van der Waals surface area contributed by atoms with Crippen molar-refractivity contribution in [3.8, 4) is 17.2 Å². The number of ether oxygens (including phenoxy) is 1. The molecule has 0 atom stereocenters. The minimum absolute atomic E-state index is 0.880. The lowest BCUT2D eigenvalue weighted by Gasteiger charge is -2.20. The first kappa shape index (κ1) is 10.6. The van der Waals surface area contributed by atoms with Crippen molar-refractivity contribution in [1.29, 1.82) is 0 Å². The topological polar surface area (TPSA) is 14.2 Å². The molecule has 0 unspecified atom stereocenters. The SMILES string of the molecule is Brc1ccc2c(c1)-n1ccc3c(Br)ccc(c31)O2. The quantitative estimate of drug-likeness (QED) is 0.415. The van der Waals surface area contributed by atoms with Gasteiger partial charge in [0.25, 0.3) is 0 Å². The first-order valence-electron chi connectivity index (χ1n) is 5.51. The molecule has 2 aromatic carbocycles. The van der Waals surface area contributed by atoms with Crippen molar-refractivity contribution in [2.24, 2.45) is 0 Å². The van der Waals surface area contributed by atoms with Crippen LogP contribution in [0.3, 0.4) is 0 Å². The Balaban J connectivity index is 2.16. The summed E-state index contributed by atoms with van der Waals surface area (Å²) >= 11 is 7.08.